The summed E-state index contributed by atoms with van der Waals surface area (Å²) < 4.78 is 7.54. The number of ether oxygens (including phenoxy) is 1. The third-order valence-corrected chi connectivity index (χ3v) is 4.08. The van der Waals surface area contributed by atoms with Crippen LogP contribution in [0.15, 0.2) is 36.8 Å². The first-order chi connectivity index (χ1) is 11.8. The predicted molar refractivity (Wildman–Crippen MR) is 89.1 cm³/mol. The summed E-state index contributed by atoms with van der Waals surface area (Å²) in [6.07, 6.45) is 5.26. The first kappa shape index (κ1) is 16.4. The molecule has 128 valence electrons. The van der Waals surface area contributed by atoms with Crippen molar-refractivity contribution in [3.8, 4) is 0 Å². The van der Waals surface area contributed by atoms with E-state index in [4.69, 9.17) is 4.74 Å². The van der Waals surface area contributed by atoms with E-state index in [1.54, 1.807) is 18.6 Å². The number of pyridine rings is 1. The molecule has 2 amide bonds. The van der Waals surface area contributed by atoms with E-state index in [0.717, 1.165) is 17.8 Å². The summed E-state index contributed by atoms with van der Waals surface area (Å²) in [7, 11) is 0. The zero-order valence-corrected chi connectivity index (χ0v) is 13.9. The molecule has 1 aliphatic heterocycles. The van der Waals surface area contributed by atoms with Gasteiger partial charge in [0.05, 0.1) is 18.8 Å². The Kier molecular flexibility index (Phi) is 5.43. The lowest BCUT2D eigenvalue weighted by Gasteiger charge is -2.24. The highest BCUT2D eigenvalue weighted by atomic mass is 16.5. The molecule has 0 saturated carbocycles. The Morgan fingerprint density at radius 3 is 3.08 bits per heavy atom. The third kappa shape index (κ3) is 4.11. The van der Waals surface area contributed by atoms with E-state index < -0.39 is 0 Å². The van der Waals surface area contributed by atoms with Gasteiger partial charge in [-0.3, -0.25) is 9.67 Å². The maximum Gasteiger partial charge on any atom is 0.318 e. The van der Waals surface area contributed by atoms with Crippen LogP contribution in [-0.2, 0) is 24.4 Å². The molecule has 3 rings (SSSR count). The predicted octanol–water partition coefficient (Wildman–Crippen LogP) is 1.66. The molecule has 0 aromatic carbocycles. The quantitative estimate of drug-likeness (QED) is 0.905. The Labute approximate surface area is 141 Å². The van der Waals surface area contributed by atoms with Crippen molar-refractivity contribution < 1.29 is 9.53 Å². The number of carbonyl (C=O) groups excluding carboxylic acids is 1. The molecule has 0 aliphatic carbocycles. The third-order valence-electron chi connectivity index (χ3n) is 4.08. The summed E-state index contributed by atoms with van der Waals surface area (Å²) in [5, 5.41) is 7.33. The van der Waals surface area contributed by atoms with Crippen molar-refractivity contribution in [2.45, 2.75) is 26.6 Å². The number of rotatable bonds is 5. The van der Waals surface area contributed by atoms with Crippen molar-refractivity contribution in [2.24, 2.45) is 5.92 Å². The van der Waals surface area contributed by atoms with Crippen molar-refractivity contribution in [1.82, 2.24) is 25.0 Å². The van der Waals surface area contributed by atoms with Gasteiger partial charge in [-0.15, -0.1) is 0 Å². The number of amides is 2. The first-order valence-electron chi connectivity index (χ1n) is 8.26. The molecule has 1 N–H and O–H groups in total. The lowest BCUT2D eigenvalue weighted by Crippen LogP contribution is -2.41. The molecule has 3 heterocycles. The molecule has 2 aromatic rings. The van der Waals surface area contributed by atoms with Gasteiger partial charge in [0.2, 0.25) is 0 Å². The van der Waals surface area contributed by atoms with Crippen LogP contribution in [0.25, 0.3) is 0 Å². The molecule has 1 atom stereocenters. The average molecular weight is 329 g/mol. The average Bonchev–Trinajstić information content (AvgIpc) is 2.96. The van der Waals surface area contributed by atoms with Crippen molar-refractivity contribution in [3.63, 3.8) is 0 Å². The number of hydrogen-bond donors (Lipinski definition) is 1. The van der Waals surface area contributed by atoms with Gasteiger partial charge in [0.1, 0.15) is 0 Å². The fraction of sp³-hybridized carbons (Fsp3) is 0.471. The van der Waals surface area contributed by atoms with E-state index >= 15 is 0 Å². The molecule has 24 heavy (non-hydrogen) atoms. The standard InChI is InChI=1S/C17H23N5O2/c1-2-24-13-15-10-21(12-16-5-7-20-22(16)11-15)17(23)19-9-14-4-3-6-18-8-14/h3-8,15H,2,9-13H2,1H3,(H,19,23). The molecule has 0 spiro atoms. The second kappa shape index (κ2) is 7.92. The Hall–Kier alpha value is -2.41. The summed E-state index contributed by atoms with van der Waals surface area (Å²) in [5.74, 6) is 0.232. The summed E-state index contributed by atoms with van der Waals surface area (Å²) in [4.78, 5) is 18.5. The summed E-state index contributed by atoms with van der Waals surface area (Å²) >= 11 is 0. The van der Waals surface area contributed by atoms with Crippen LogP contribution in [0.1, 0.15) is 18.2 Å². The van der Waals surface area contributed by atoms with E-state index in [0.29, 0.717) is 32.8 Å². The van der Waals surface area contributed by atoms with Crippen LogP contribution in [0, 0.1) is 5.92 Å². The molecule has 7 nitrogen and oxygen atoms in total. The van der Waals surface area contributed by atoms with E-state index in [2.05, 4.69) is 15.4 Å². The Balaban J connectivity index is 1.65. The lowest BCUT2D eigenvalue weighted by molar-refractivity contribution is 0.0902. The number of nitrogens with one attached hydrogen (secondary N) is 1. The highest BCUT2D eigenvalue weighted by molar-refractivity contribution is 5.74. The fourth-order valence-electron chi connectivity index (χ4n) is 2.87. The second-order valence-corrected chi connectivity index (χ2v) is 5.93. The van der Waals surface area contributed by atoms with Gasteiger partial charge in [-0.05, 0) is 24.6 Å². The molecular formula is C17H23N5O2. The molecule has 7 heteroatoms. The molecule has 2 aromatic heterocycles. The Morgan fingerprint density at radius 2 is 2.29 bits per heavy atom. The van der Waals surface area contributed by atoms with E-state index in [9.17, 15) is 4.79 Å². The summed E-state index contributed by atoms with van der Waals surface area (Å²) in [6, 6.07) is 5.70. The summed E-state index contributed by atoms with van der Waals surface area (Å²) in [6.45, 7) is 5.74. The smallest absolute Gasteiger partial charge is 0.318 e. The highest BCUT2D eigenvalue weighted by Crippen LogP contribution is 2.16. The fourth-order valence-corrected chi connectivity index (χ4v) is 2.87. The largest absolute Gasteiger partial charge is 0.381 e. The highest BCUT2D eigenvalue weighted by Gasteiger charge is 2.25. The van der Waals surface area contributed by atoms with Crippen molar-refractivity contribution in [1.29, 1.82) is 0 Å². The van der Waals surface area contributed by atoms with Crippen LogP contribution in [0.2, 0.25) is 0 Å². The van der Waals surface area contributed by atoms with Gasteiger partial charge >= 0.3 is 6.03 Å². The van der Waals surface area contributed by atoms with Crippen LogP contribution in [0.3, 0.4) is 0 Å². The minimum atomic E-state index is -0.0741. The number of urea groups is 1. The van der Waals surface area contributed by atoms with Crippen molar-refractivity contribution >= 4 is 6.03 Å². The molecule has 0 radical (unpaired) electrons. The topological polar surface area (TPSA) is 72.3 Å². The van der Waals surface area contributed by atoms with Gasteiger partial charge in [0.25, 0.3) is 0 Å². The second-order valence-electron chi connectivity index (χ2n) is 5.93. The number of aromatic nitrogens is 3. The lowest BCUT2D eigenvalue weighted by atomic mass is 10.1. The minimum Gasteiger partial charge on any atom is -0.381 e. The normalized spacial score (nSPS) is 17.2. The molecule has 1 aliphatic rings. The number of carbonyl (C=O) groups is 1. The molecule has 0 bridgehead atoms. The van der Waals surface area contributed by atoms with Crippen LogP contribution in [0.4, 0.5) is 4.79 Å². The van der Waals surface area contributed by atoms with E-state index in [-0.39, 0.29) is 11.9 Å². The van der Waals surface area contributed by atoms with Gasteiger partial charge in [-0.2, -0.15) is 5.10 Å². The monoisotopic (exact) mass is 329 g/mol. The Bertz CT molecular complexity index is 658. The SMILES string of the molecule is CCOCC1CN(C(=O)NCc2cccnc2)Cc2ccnn2C1. The Morgan fingerprint density at radius 1 is 1.38 bits per heavy atom. The zero-order valence-electron chi connectivity index (χ0n) is 13.9. The number of fused-ring (bicyclic) bond motifs is 1. The van der Waals surface area contributed by atoms with Crippen LogP contribution >= 0.6 is 0 Å². The zero-order chi connectivity index (χ0) is 16.8. The maximum absolute atomic E-state index is 12.6. The van der Waals surface area contributed by atoms with Gasteiger partial charge in [-0.25, -0.2) is 4.79 Å². The molecule has 1 unspecified atom stereocenters. The van der Waals surface area contributed by atoms with Crippen LogP contribution in [0.5, 0.6) is 0 Å². The van der Waals surface area contributed by atoms with Gasteiger partial charge in [0.15, 0.2) is 0 Å². The van der Waals surface area contributed by atoms with Crippen LogP contribution in [-0.4, -0.2) is 45.5 Å². The molecular weight excluding hydrogens is 306 g/mol. The number of hydrogen-bond acceptors (Lipinski definition) is 4. The maximum atomic E-state index is 12.6. The summed E-state index contributed by atoms with van der Waals surface area (Å²) in [5.41, 5.74) is 2.03. The van der Waals surface area contributed by atoms with Gasteiger partial charge in [-0.1, -0.05) is 6.07 Å². The molecule has 0 saturated heterocycles. The molecule has 0 fully saturated rings. The van der Waals surface area contributed by atoms with E-state index in [1.165, 1.54) is 0 Å². The first-order valence-corrected chi connectivity index (χ1v) is 8.26. The van der Waals surface area contributed by atoms with E-state index in [1.807, 2.05) is 34.7 Å². The number of nitrogens with zero attached hydrogens (tertiary/aromatic N) is 4. The minimum absolute atomic E-state index is 0.0741. The van der Waals surface area contributed by atoms with Crippen molar-refractivity contribution in [3.05, 3.63) is 48.0 Å². The van der Waals surface area contributed by atoms with Crippen LogP contribution < -0.4 is 5.32 Å². The van der Waals surface area contributed by atoms with Crippen molar-refractivity contribution in [2.75, 3.05) is 19.8 Å². The van der Waals surface area contributed by atoms with Gasteiger partial charge in [0, 0.05) is 50.7 Å². The van der Waals surface area contributed by atoms with Gasteiger partial charge < -0.3 is 15.0 Å².